The maximum Gasteiger partial charge on any atom is 0.338 e. The lowest BCUT2D eigenvalue weighted by molar-refractivity contribution is 0.0437. The number of halogens is 1. The van der Waals surface area contributed by atoms with E-state index in [1.165, 1.54) is 24.3 Å². The van der Waals surface area contributed by atoms with E-state index in [1.807, 2.05) is 0 Å². The first kappa shape index (κ1) is 20.6. The summed E-state index contributed by atoms with van der Waals surface area (Å²) in [5.74, 6) is 1.81. The van der Waals surface area contributed by atoms with Gasteiger partial charge in [0.2, 0.25) is 10.0 Å². The molecule has 0 aliphatic rings. The van der Waals surface area contributed by atoms with Gasteiger partial charge in [-0.05, 0) is 30.3 Å². The Morgan fingerprint density at radius 2 is 1.97 bits per heavy atom. The van der Waals surface area contributed by atoms with Crippen molar-refractivity contribution in [2.75, 3.05) is 6.54 Å². The normalized spacial score (nSPS) is 11.0. The standard InChI is InChI=1S/C20H15ClN2O5S/c1-2-10-22-29(25,26)18-5-3-4-15(11-18)20(24)27-13-17-12-19(23-28-17)14-6-8-16(21)9-7-14/h1,3-9,11-12,22H,10,13H2. The molecule has 2 aromatic carbocycles. The molecule has 0 atom stereocenters. The molecule has 0 fully saturated rings. The second-order valence-electron chi connectivity index (χ2n) is 5.82. The molecule has 3 rings (SSSR count). The van der Waals surface area contributed by atoms with Crippen LogP contribution in [-0.4, -0.2) is 26.1 Å². The highest BCUT2D eigenvalue weighted by atomic mass is 35.5. The average Bonchev–Trinajstić information content (AvgIpc) is 3.20. The molecule has 1 aromatic heterocycles. The van der Waals surface area contributed by atoms with E-state index < -0.39 is 16.0 Å². The number of sulfonamides is 1. The Morgan fingerprint density at radius 3 is 2.69 bits per heavy atom. The van der Waals surface area contributed by atoms with Gasteiger partial charge in [-0.1, -0.05) is 40.9 Å². The molecule has 1 heterocycles. The molecule has 0 aliphatic heterocycles. The second kappa shape index (κ2) is 8.92. The van der Waals surface area contributed by atoms with Crippen LogP contribution >= 0.6 is 11.6 Å². The summed E-state index contributed by atoms with van der Waals surface area (Å²) in [6.45, 7) is -0.315. The number of nitrogens with zero attached hydrogens (tertiary/aromatic N) is 1. The molecule has 1 N–H and O–H groups in total. The highest BCUT2D eigenvalue weighted by Crippen LogP contribution is 2.22. The maximum atomic E-state index is 12.3. The smallest absolute Gasteiger partial charge is 0.338 e. The predicted molar refractivity (Wildman–Crippen MR) is 107 cm³/mol. The van der Waals surface area contributed by atoms with Crippen molar-refractivity contribution in [2.24, 2.45) is 0 Å². The highest BCUT2D eigenvalue weighted by molar-refractivity contribution is 7.89. The van der Waals surface area contributed by atoms with Crippen LogP contribution in [-0.2, 0) is 21.4 Å². The molecule has 0 unspecified atom stereocenters. The van der Waals surface area contributed by atoms with Crippen molar-refractivity contribution in [1.82, 2.24) is 9.88 Å². The van der Waals surface area contributed by atoms with E-state index >= 15 is 0 Å². The van der Waals surface area contributed by atoms with Gasteiger partial charge in [0, 0.05) is 16.7 Å². The first-order valence-electron chi connectivity index (χ1n) is 8.31. The predicted octanol–water partition coefficient (Wildman–Crippen LogP) is 3.26. The number of carbonyl (C=O) groups excluding carboxylic acids is 1. The van der Waals surface area contributed by atoms with Crippen LogP contribution in [0.4, 0.5) is 0 Å². The van der Waals surface area contributed by atoms with Crippen molar-refractivity contribution in [1.29, 1.82) is 0 Å². The van der Waals surface area contributed by atoms with E-state index in [9.17, 15) is 13.2 Å². The molecule has 9 heteroatoms. The molecule has 0 radical (unpaired) electrons. The number of esters is 1. The van der Waals surface area contributed by atoms with Crippen molar-refractivity contribution < 1.29 is 22.5 Å². The zero-order valence-electron chi connectivity index (χ0n) is 15.0. The minimum atomic E-state index is -3.81. The minimum absolute atomic E-state index is 0.0750. The Hall–Kier alpha value is -3.12. The lowest BCUT2D eigenvalue weighted by Gasteiger charge is -2.06. The summed E-state index contributed by atoms with van der Waals surface area (Å²) in [5, 5.41) is 4.53. The third-order valence-electron chi connectivity index (χ3n) is 3.79. The number of hydrogen-bond acceptors (Lipinski definition) is 6. The molecule has 3 aromatic rings. The van der Waals surface area contributed by atoms with Crippen molar-refractivity contribution in [3.63, 3.8) is 0 Å². The average molecular weight is 431 g/mol. The zero-order chi connectivity index (χ0) is 20.9. The topological polar surface area (TPSA) is 98.5 Å². The summed E-state index contributed by atoms with van der Waals surface area (Å²) in [4.78, 5) is 12.2. The lowest BCUT2D eigenvalue weighted by Crippen LogP contribution is -2.24. The van der Waals surface area contributed by atoms with E-state index in [2.05, 4.69) is 15.8 Å². The largest absolute Gasteiger partial charge is 0.454 e. The monoisotopic (exact) mass is 430 g/mol. The maximum absolute atomic E-state index is 12.3. The van der Waals surface area contributed by atoms with Crippen LogP contribution in [0.25, 0.3) is 11.3 Å². The van der Waals surface area contributed by atoms with Gasteiger partial charge in [-0.25, -0.2) is 13.2 Å². The number of rotatable bonds is 7. The van der Waals surface area contributed by atoms with E-state index in [0.29, 0.717) is 16.5 Å². The summed E-state index contributed by atoms with van der Waals surface area (Å²) < 4.78 is 36.8. The van der Waals surface area contributed by atoms with Gasteiger partial charge in [-0.15, -0.1) is 6.42 Å². The summed E-state index contributed by atoms with van der Waals surface area (Å²) in [5.41, 5.74) is 1.44. The number of aromatic nitrogens is 1. The van der Waals surface area contributed by atoms with Gasteiger partial charge in [-0.3, -0.25) is 0 Å². The lowest BCUT2D eigenvalue weighted by atomic mass is 10.1. The number of hydrogen-bond donors (Lipinski definition) is 1. The Labute approximate surface area is 172 Å². The fraction of sp³-hybridized carbons (Fsp3) is 0.100. The second-order valence-corrected chi connectivity index (χ2v) is 8.02. The molecule has 148 valence electrons. The third kappa shape index (κ3) is 5.23. The summed E-state index contributed by atoms with van der Waals surface area (Å²) >= 11 is 5.86. The van der Waals surface area contributed by atoms with Crippen molar-refractivity contribution in [3.05, 3.63) is 70.9 Å². The van der Waals surface area contributed by atoms with Crippen LogP contribution in [0.3, 0.4) is 0 Å². The van der Waals surface area contributed by atoms with Crippen molar-refractivity contribution in [3.8, 4) is 23.6 Å². The molecule has 29 heavy (non-hydrogen) atoms. The Kier molecular flexibility index (Phi) is 6.34. The fourth-order valence-electron chi connectivity index (χ4n) is 2.37. The van der Waals surface area contributed by atoms with Gasteiger partial charge in [0.1, 0.15) is 5.69 Å². The Balaban J connectivity index is 1.66. The SMILES string of the molecule is C#CCNS(=O)(=O)c1cccc(C(=O)OCc2cc(-c3ccc(Cl)cc3)no2)c1. The van der Waals surface area contributed by atoms with Crippen LogP contribution < -0.4 is 4.72 Å². The van der Waals surface area contributed by atoms with Gasteiger partial charge in [0.15, 0.2) is 12.4 Å². The number of ether oxygens (including phenoxy) is 1. The highest BCUT2D eigenvalue weighted by Gasteiger charge is 2.17. The summed E-state index contributed by atoms with van der Waals surface area (Å²) in [7, 11) is -3.81. The molecule has 0 aliphatic carbocycles. The van der Waals surface area contributed by atoms with E-state index in [-0.39, 0.29) is 23.6 Å². The fourth-order valence-corrected chi connectivity index (χ4v) is 3.47. The Bertz CT molecular complexity index is 1160. The van der Waals surface area contributed by atoms with Gasteiger partial charge < -0.3 is 9.26 Å². The van der Waals surface area contributed by atoms with Crippen LogP contribution in [0.15, 0.2) is 64.0 Å². The van der Waals surface area contributed by atoms with E-state index in [1.54, 1.807) is 30.3 Å². The number of terminal acetylenes is 1. The van der Waals surface area contributed by atoms with Crippen molar-refractivity contribution in [2.45, 2.75) is 11.5 Å². The minimum Gasteiger partial charge on any atom is -0.454 e. The molecular weight excluding hydrogens is 416 g/mol. The molecule has 7 nitrogen and oxygen atoms in total. The van der Waals surface area contributed by atoms with E-state index in [0.717, 1.165) is 5.56 Å². The quantitative estimate of drug-likeness (QED) is 0.456. The van der Waals surface area contributed by atoms with Gasteiger partial charge in [0.05, 0.1) is 17.0 Å². The number of nitrogens with one attached hydrogen (secondary N) is 1. The van der Waals surface area contributed by atoms with Crippen LogP contribution in [0.1, 0.15) is 16.1 Å². The van der Waals surface area contributed by atoms with Crippen LogP contribution in [0.2, 0.25) is 5.02 Å². The van der Waals surface area contributed by atoms with E-state index in [4.69, 9.17) is 27.3 Å². The van der Waals surface area contributed by atoms with Gasteiger partial charge >= 0.3 is 5.97 Å². The molecule has 0 bridgehead atoms. The van der Waals surface area contributed by atoms with Crippen LogP contribution in [0.5, 0.6) is 0 Å². The molecule has 0 saturated carbocycles. The molecular formula is C20H15ClN2O5S. The van der Waals surface area contributed by atoms with Gasteiger partial charge in [0.25, 0.3) is 0 Å². The van der Waals surface area contributed by atoms with Crippen LogP contribution in [0, 0.1) is 12.3 Å². The molecule has 0 spiro atoms. The number of benzene rings is 2. The first-order chi connectivity index (χ1) is 13.9. The summed E-state index contributed by atoms with van der Waals surface area (Å²) in [6.07, 6.45) is 5.06. The zero-order valence-corrected chi connectivity index (χ0v) is 16.5. The molecule has 0 saturated heterocycles. The molecule has 0 amide bonds. The summed E-state index contributed by atoms with van der Waals surface area (Å²) in [6, 6.07) is 14.1. The van der Waals surface area contributed by atoms with Gasteiger partial charge in [-0.2, -0.15) is 4.72 Å². The first-order valence-corrected chi connectivity index (χ1v) is 10.2. The van der Waals surface area contributed by atoms with Crippen molar-refractivity contribution >= 4 is 27.6 Å². The Morgan fingerprint density at radius 1 is 1.21 bits per heavy atom. The third-order valence-corrected chi connectivity index (χ3v) is 5.44. The number of carbonyl (C=O) groups is 1.